The molecule has 3 heterocycles. The van der Waals surface area contributed by atoms with E-state index in [0.717, 1.165) is 29.4 Å². The number of aliphatic hydroxyl groups is 1. The van der Waals surface area contributed by atoms with Gasteiger partial charge in [0.1, 0.15) is 0 Å². The van der Waals surface area contributed by atoms with Gasteiger partial charge in [0.15, 0.2) is 10.8 Å². The van der Waals surface area contributed by atoms with Crippen LogP contribution in [-0.2, 0) is 13.0 Å². The van der Waals surface area contributed by atoms with Gasteiger partial charge in [0.25, 0.3) is 0 Å². The van der Waals surface area contributed by atoms with E-state index in [1.165, 1.54) is 5.56 Å². The van der Waals surface area contributed by atoms with Crippen molar-refractivity contribution in [1.29, 1.82) is 0 Å². The summed E-state index contributed by atoms with van der Waals surface area (Å²) in [5, 5.41) is 11.5. The average molecular weight is 288 g/mol. The molecule has 0 aliphatic rings. The lowest BCUT2D eigenvalue weighted by atomic mass is 10.2. The molecule has 0 bridgehead atoms. The summed E-state index contributed by atoms with van der Waals surface area (Å²) in [6.45, 7) is 0.842. The monoisotopic (exact) mass is 288 g/mol. The highest BCUT2D eigenvalue weighted by Gasteiger charge is 2.15. The molecule has 0 saturated heterocycles. The van der Waals surface area contributed by atoms with E-state index in [-0.39, 0.29) is 6.61 Å². The Labute approximate surface area is 121 Å². The lowest BCUT2D eigenvalue weighted by molar-refractivity contribution is 0.276. The minimum Gasteiger partial charge on any atom is -0.390 e. The first-order valence-corrected chi connectivity index (χ1v) is 7.33. The number of hydrogen-bond acceptors (Lipinski definition) is 5. The van der Waals surface area contributed by atoms with Gasteiger partial charge in [0, 0.05) is 37.6 Å². The van der Waals surface area contributed by atoms with E-state index in [1.54, 1.807) is 23.7 Å². The molecule has 0 aliphatic carbocycles. The minimum absolute atomic E-state index is 0.00711. The minimum atomic E-state index is -0.00711. The number of aliphatic hydroxyl groups excluding tert-OH is 1. The standard InChI is InChI=1S/C14H16N4OS/c1-17(7-4-11-2-5-15-6-3-11)13-12(10-19)18-8-9-20-14(18)16-13/h2-3,5-6,8-9,19H,4,7,10H2,1H3. The van der Waals surface area contributed by atoms with Crippen LogP contribution < -0.4 is 4.90 Å². The second-order valence-electron chi connectivity index (χ2n) is 4.62. The Morgan fingerprint density at radius 2 is 2.15 bits per heavy atom. The van der Waals surface area contributed by atoms with Gasteiger partial charge in [-0.3, -0.25) is 9.38 Å². The van der Waals surface area contributed by atoms with Crippen LogP contribution in [0.3, 0.4) is 0 Å². The number of thiazole rings is 1. The zero-order valence-corrected chi connectivity index (χ0v) is 12.0. The smallest absolute Gasteiger partial charge is 0.195 e. The number of hydrogen-bond donors (Lipinski definition) is 1. The number of pyridine rings is 1. The molecule has 3 aromatic rings. The molecule has 3 aromatic heterocycles. The van der Waals surface area contributed by atoms with Crippen LogP contribution >= 0.6 is 11.3 Å². The number of rotatable bonds is 5. The largest absolute Gasteiger partial charge is 0.390 e. The van der Waals surface area contributed by atoms with Crippen LogP contribution in [0.5, 0.6) is 0 Å². The molecule has 5 nitrogen and oxygen atoms in total. The van der Waals surface area contributed by atoms with Crippen molar-refractivity contribution in [1.82, 2.24) is 14.4 Å². The van der Waals surface area contributed by atoms with E-state index >= 15 is 0 Å². The van der Waals surface area contributed by atoms with Gasteiger partial charge >= 0.3 is 0 Å². The van der Waals surface area contributed by atoms with Crippen molar-refractivity contribution < 1.29 is 5.11 Å². The number of likely N-dealkylation sites (N-methyl/N-ethyl adjacent to an activating group) is 1. The first kappa shape index (κ1) is 13.1. The van der Waals surface area contributed by atoms with E-state index in [0.29, 0.717) is 0 Å². The van der Waals surface area contributed by atoms with Crippen LogP contribution in [0.15, 0.2) is 36.1 Å². The summed E-state index contributed by atoms with van der Waals surface area (Å²) in [6, 6.07) is 4.04. The molecule has 0 atom stereocenters. The predicted octanol–water partition coefficient (Wildman–Crippen LogP) is 1.96. The van der Waals surface area contributed by atoms with Gasteiger partial charge in [-0.1, -0.05) is 0 Å². The average Bonchev–Trinajstić information content (AvgIpc) is 3.06. The van der Waals surface area contributed by atoms with E-state index in [2.05, 4.69) is 14.9 Å². The number of nitrogens with zero attached hydrogens (tertiary/aromatic N) is 4. The fourth-order valence-electron chi connectivity index (χ4n) is 2.23. The molecule has 0 radical (unpaired) electrons. The summed E-state index contributed by atoms with van der Waals surface area (Å²) in [7, 11) is 2.01. The maximum atomic E-state index is 9.57. The lowest BCUT2D eigenvalue weighted by Gasteiger charge is -2.17. The molecular formula is C14H16N4OS. The lowest BCUT2D eigenvalue weighted by Crippen LogP contribution is -2.22. The van der Waals surface area contributed by atoms with Crippen LogP contribution in [0.4, 0.5) is 5.82 Å². The highest BCUT2D eigenvalue weighted by molar-refractivity contribution is 7.15. The Hall–Kier alpha value is -1.92. The third-order valence-electron chi connectivity index (χ3n) is 3.34. The van der Waals surface area contributed by atoms with Crippen molar-refractivity contribution in [3.8, 4) is 0 Å². The Morgan fingerprint density at radius 1 is 1.35 bits per heavy atom. The first-order valence-electron chi connectivity index (χ1n) is 6.45. The van der Waals surface area contributed by atoms with Crippen LogP contribution in [0.2, 0.25) is 0 Å². The summed E-state index contributed by atoms with van der Waals surface area (Å²) >= 11 is 1.58. The predicted molar refractivity (Wildman–Crippen MR) is 80.2 cm³/mol. The molecule has 0 aliphatic heterocycles. The van der Waals surface area contributed by atoms with Gasteiger partial charge in [0.05, 0.1) is 12.3 Å². The first-order chi connectivity index (χ1) is 9.79. The number of anilines is 1. The maximum Gasteiger partial charge on any atom is 0.195 e. The molecule has 6 heteroatoms. The Balaban J connectivity index is 1.78. The highest BCUT2D eigenvalue weighted by atomic mass is 32.1. The topological polar surface area (TPSA) is 53.7 Å². The molecule has 3 rings (SSSR count). The van der Waals surface area contributed by atoms with Crippen LogP contribution in [0.1, 0.15) is 11.3 Å². The number of imidazole rings is 1. The number of fused-ring (bicyclic) bond motifs is 1. The van der Waals surface area contributed by atoms with Crippen molar-refractivity contribution in [2.75, 3.05) is 18.5 Å². The Morgan fingerprint density at radius 3 is 2.90 bits per heavy atom. The fourth-order valence-corrected chi connectivity index (χ4v) is 2.95. The molecule has 0 aromatic carbocycles. The van der Waals surface area contributed by atoms with Crippen molar-refractivity contribution in [3.05, 3.63) is 47.4 Å². The summed E-state index contributed by atoms with van der Waals surface area (Å²) in [5.74, 6) is 0.855. The fraction of sp³-hybridized carbons (Fsp3) is 0.286. The third kappa shape index (κ3) is 2.39. The van der Waals surface area contributed by atoms with Gasteiger partial charge in [-0.2, -0.15) is 0 Å². The molecule has 0 spiro atoms. The number of aromatic nitrogens is 3. The SMILES string of the molecule is CN(CCc1ccncc1)c1nc2sccn2c1CO. The molecule has 0 fully saturated rings. The molecular weight excluding hydrogens is 272 g/mol. The molecule has 0 amide bonds. The van der Waals surface area contributed by atoms with Crippen LogP contribution in [0.25, 0.3) is 4.96 Å². The van der Waals surface area contributed by atoms with Gasteiger partial charge in [-0.15, -0.1) is 11.3 Å². The maximum absolute atomic E-state index is 9.57. The second-order valence-corrected chi connectivity index (χ2v) is 5.50. The summed E-state index contributed by atoms with van der Waals surface area (Å²) in [6.07, 6.45) is 6.48. The summed E-state index contributed by atoms with van der Waals surface area (Å²) in [5.41, 5.74) is 2.09. The molecule has 0 unspecified atom stereocenters. The van der Waals surface area contributed by atoms with Gasteiger partial charge in [-0.25, -0.2) is 4.98 Å². The van der Waals surface area contributed by atoms with Gasteiger partial charge < -0.3 is 10.0 Å². The van der Waals surface area contributed by atoms with Crippen LogP contribution in [0, 0.1) is 0 Å². The Bertz CT molecular complexity index is 692. The van der Waals surface area contributed by atoms with Gasteiger partial charge in [-0.05, 0) is 24.1 Å². The summed E-state index contributed by atoms with van der Waals surface area (Å²) < 4.78 is 1.95. The van der Waals surface area contributed by atoms with E-state index < -0.39 is 0 Å². The molecule has 0 saturated carbocycles. The van der Waals surface area contributed by atoms with Crippen LogP contribution in [-0.4, -0.2) is 33.1 Å². The van der Waals surface area contributed by atoms with Crippen molar-refractivity contribution in [2.24, 2.45) is 0 Å². The molecule has 20 heavy (non-hydrogen) atoms. The summed E-state index contributed by atoms with van der Waals surface area (Å²) in [4.78, 5) is 11.6. The quantitative estimate of drug-likeness (QED) is 0.780. The van der Waals surface area contributed by atoms with Gasteiger partial charge in [0.2, 0.25) is 0 Å². The zero-order valence-electron chi connectivity index (χ0n) is 11.2. The van der Waals surface area contributed by atoms with E-state index in [1.807, 2.05) is 35.2 Å². The normalized spacial score (nSPS) is 11.1. The highest BCUT2D eigenvalue weighted by Crippen LogP contribution is 2.24. The second kappa shape index (κ2) is 5.60. The molecule has 1 N–H and O–H groups in total. The van der Waals surface area contributed by atoms with E-state index in [9.17, 15) is 5.11 Å². The van der Waals surface area contributed by atoms with Crippen molar-refractivity contribution >= 4 is 22.1 Å². The Kier molecular flexibility index (Phi) is 3.66. The third-order valence-corrected chi connectivity index (χ3v) is 4.09. The van der Waals surface area contributed by atoms with E-state index in [4.69, 9.17) is 0 Å². The van der Waals surface area contributed by atoms with Crippen molar-refractivity contribution in [2.45, 2.75) is 13.0 Å². The zero-order chi connectivity index (χ0) is 13.9. The van der Waals surface area contributed by atoms with Crippen molar-refractivity contribution in [3.63, 3.8) is 0 Å². The molecule has 104 valence electrons.